The third kappa shape index (κ3) is 6.56. The van der Waals surface area contributed by atoms with E-state index in [9.17, 15) is 18.0 Å². The molecule has 2 aliphatic heterocycles. The van der Waals surface area contributed by atoms with Gasteiger partial charge in [-0.25, -0.2) is 23.0 Å². The standard InChI is InChI=1S/C23H30ClN5O5S.CH2Cl2/c1-14-10-26(11-15(2)29(14)35(6,32)33)22(31)27-12-19-20(21(30)34-23(3,4)5)25-13-28(19)17-8-7-16(24)9-18(17)27;2-1-3/h7-9,13-15H,10-12H2,1-6H3;1H2/t14-,15+;. The highest BCUT2D eigenvalue weighted by atomic mass is 35.5. The summed E-state index contributed by atoms with van der Waals surface area (Å²) in [5, 5.41) is 0.654. The van der Waals surface area contributed by atoms with Gasteiger partial charge >= 0.3 is 12.0 Å². The van der Waals surface area contributed by atoms with E-state index < -0.39 is 21.6 Å². The fourth-order valence-corrected chi connectivity index (χ4v) is 6.45. The second kappa shape index (κ2) is 11.6. The summed E-state index contributed by atoms with van der Waals surface area (Å²) in [5.74, 6) is -0.569. The number of imidazole rings is 1. The number of rotatable bonds is 2. The van der Waals surface area contributed by atoms with Gasteiger partial charge in [-0.15, -0.1) is 23.2 Å². The van der Waals surface area contributed by atoms with Gasteiger partial charge in [-0.1, -0.05) is 11.6 Å². The minimum atomic E-state index is -3.41. The molecule has 3 heterocycles. The van der Waals surface area contributed by atoms with E-state index in [1.807, 2.05) is 0 Å². The monoisotopic (exact) mass is 607 g/mol. The summed E-state index contributed by atoms with van der Waals surface area (Å²) in [6.07, 6.45) is 2.72. The number of alkyl halides is 2. The molecule has 38 heavy (non-hydrogen) atoms. The molecule has 2 amide bonds. The number of aromatic nitrogens is 2. The van der Waals surface area contributed by atoms with Crippen LogP contribution in [0, 0.1) is 0 Å². The lowest BCUT2D eigenvalue weighted by Gasteiger charge is -2.44. The number of hydrogen-bond donors (Lipinski definition) is 0. The van der Waals surface area contributed by atoms with E-state index in [0.717, 1.165) is 0 Å². The summed E-state index contributed by atoms with van der Waals surface area (Å²) in [4.78, 5) is 34.2. The van der Waals surface area contributed by atoms with E-state index in [4.69, 9.17) is 39.5 Å². The van der Waals surface area contributed by atoms with Gasteiger partial charge in [0, 0.05) is 30.2 Å². The van der Waals surface area contributed by atoms with Crippen LogP contribution in [0.3, 0.4) is 0 Å². The summed E-state index contributed by atoms with van der Waals surface area (Å²) < 4.78 is 33.2. The average molecular weight is 609 g/mol. The lowest BCUT2D eigenvalue weighted by atomic mass is 10.1. The SMILES string of the molecule is C[C@@H]1CN(C(=O)N2Cc3c(C(=O)OC(C)(C)C)ncn3-c3ccc(Cl)cc32)C[C@H](C)N1S(C)(=O)=O.ClCCl. The summed E-state index contributed by atoms with van der Waals surface area (Å²) in [7, 11) is -3.41. The first-order chi connectivity index (χ1) is 17.6. The van der Waals surface area contributed by atoms with Gasteiger partial charge in [-0.05, 0) is 52.8 Å². The van der Waals surface area contributed by atoms with Gasteiger partial charge in [0.1, 0.15) is 11.9 Å². The molecule has 2 aromatic rings. The molecule has 1 aromatic heterocycles. The lowest BCUT2D eigenvalue weighted by molar-refractivity contribution is 0.00618. The minimum absolute atomic E-state index is 0.0792. The summed E-state index contributed by atoms with van der Waals surface area (Å²) >= 11 is 15.8. The van der Waals surface area contributed by atoms with Crippen LogP contribution in [0.15, 0.2) is 24.5 Å². The molecule has 4 rings (SSSR count). The van der Waals surface area contributed by atoms with Crippen LogP contribution >= 0.6 is 34.8 Å². The topological polar surface area (TPSA) is 105 Å². The first-order valence-electron chi connectivity index (χ1n) is 11.9. The van der Waals surface area contributed by atoms with Crippen LogP contribution in [0.2, 0.25) is 5.02 Å². The molecular weight excluding hydrogens is 577 g/mol. The lowest BCUT2D eigenvalue weighted by Crippen LogP contribution is -2.61. The molecule has 0 aliphatic carbocycles. The van der Waals surface area contributed by atoms with Crippen LogP contribution in [0.4, 0.5) is 10.5 Å². The quantitative estimate of drug-likeness (QED) is 0.362. The largest absolute Gasteiger partial charge is 0.455 e. The highest BCUT2D eigenvalue weighted by Gasteiger charge is 2.40. The molecule has 2 atom stereocenters. The third-order valence-electron chi connectivity index (χ3n) is 5.98. The third-order valence-corrected chi connectivity index (χ3v) is 7.70. The maximum absolute atomic E-state index is 13.8. The number of hydrogen-bond acceptors (Lipinski definition) is 6. The zero-order valence-corrected chi connectivity index (χ0v) is 25.2. The number of esters is 1. The molecule has 0 radical (unpaired) electrons. The number of halogens is 3. The molecule has 1 fully saturated rings. The van der Waals surface area contributed by atoms with Crippen molar-refractivity contribution in [1.29, 1.82) is 0 Å². The maximum Gasteiger partial charge on any atom is 0.359 e. The number of anilines is 1. The Morgan fingerprint density at radius 1 is 1.11 bits per heavy atom. The van der Waals surface area contributed by atoms with E-state index >= 15 is 0 Å². The van der Waals surface area contributed by atoms with Gasteiger partial charge in [0.05, 0.1) is 35.2 Å². The zero-order valence-electron chi connectivity index (χ0n) is 22.1. The Morgan fingerprint density at radius 3 is 2.21 bits per heavy atom. The van der Waals surface area contributed by atoms with E-state index in [1.165, 1.54) is 16.9 Å². The summed E-state index contributed by atoms with van der Waals surface area (Å²) in [5.41, 5.74) is 1.20. The smallest absolute Gasteiger partial charge is 0.359 e. The molecule has 2 aliphatic rings. The first kappa shape index (κ1) is 30.5. The van der Waals surface area contributed by atoms with Crippen molar-refractivity contribution in [1.82, 2.24) is 18.8 Å². The van der Waals surface area contributed by atoms with Gasteiger partial charge in [0.25, 0.3) is 0 Å². The van der Waals surface area contributed by atoms with Crippen LogP contribution in [0.5, 0.6) is 0 Å². The normalized spacial score (nSPS) is 19.7. The van der Waals surface area contributed by atoms with Crippen molar-refractivity contribution in [2.24, 2.45) is 0 Å². The highest BCUT2D eigenvalue weighted by molar-refractivity contribution is 7.88. The Balaban J connectivity index is 0.00000127. The number of sulfonamides is 1. The van der Waals surface area contributed by atoms with Crippen LogP contribution in [-0.4, -0.2) is 81.5 Å². The van der Waals surface area contributed by atoms with Crippen molar-refractivity contribution >= 4 is 62.5 Å². The average Bonchev–Trinajstić information content (AvgIpc) is 3.20. The predicted octanol–water partition coefficient (Wildman–Crippen LogP) is 4.70. The number of ether oxygens (including phenoxy) is 1. The number of carbonyl (C=O) groups is 2. The van der Waals surface area contributed by atoms with Gasteiger partial charge in [0.2, 0.25) is 10.0 Å². The Labute approximate surface area is 238 Å². The molecule has 1 saturated heterocycles. The van der Waals surface area contributed by atoms with Gasteiger partial charge in [-0.2, -0.15) is 4.31 Å². The Hall–Kier alpha value is -2.05. The molecule has 0 bridgehead atoms. The number of fused-ring (bicyclic) bond motifs is 3. The number of benzene rings is 1. The Bertz CT molecular complexity index is 1300. The molecule has 210 valence electrons. The van der Waals surface area contributed by atoms with Gasteiger partial charge in [0.15, 0.2) is 5.69 Å². The van der Waals surface area contributed by atoms with Crippen molar-refractivity contribution in [3.05, 3.63) is 40.9 Å². The van der Waals surface area contributed by atoms with E-state index in [0.29, 0.717) is 22.1 Å². The van der Waals surface area contributed by atoms with Gasteiger partial charge in [-0.3, -0.25) is 9.47 Å². The van der Waals surface area contributed by atoms with E-state index in [1.54, 1.807) is 67.2 Å². The molecule has 0 spiro atoms. The molecule has 10 nitrogen and oxygen atoms in total. The summed E-state index contributed by atoms with van der Waals surface area (Å²) in [6, 6.07) is 4.11. The van der Waals surface area contributed by atoms with E-state index in [-0.39, 0.29) is 48.8 Å². The predicted molar refractivity (Wildman–Crippen MR) is 149 cm³/mol. The zero-order chi connectivity index (χ0) is 28.6. The Kier molecular flexibility index (Phi) is 9.30. The van der Waals surface area contributed by atoms with Crippen LogP contribution < -0.4 is 4.90 Å². The van der Waals surface area contributed by atoms with Crippen molar-refractivity contribution in [3.8, 4) is 5.69 Å². The fourth-order valence-electron chi connectivity index (χ4n) is 4.84. The molecular formula is C24H32Cl3N5O5S. The van der Waals surface area contributed by atoms with Crippen molar-refractivity contribution < 1.29 is 22.7 Å². The number of piperazine rings is 1. The minimum Gasteiger partial charge on any atom is -0.455 e. The van der Waals surface area contributed by atoms with Crippen LogP contribution in [0.1, 0.15) is 50.8 Å². The number of nitrogens with zero attached hydrogens (tertiary/aromatic N) is 5. The maximum atomic E-state index is 13.8. The number of urea groups is 1. The van der Waals surface area contributed by atoms with E-state index in [2.05, 4.69) is 4.98 Å². The van der Waals surface area contributed by atoms with Crippen molar-refractivity contribution in [2.75, 3.05) is 29.6 Å². The number of carbonyl (C=O) groups excluding carboxylic acids is 2. The summed E-state index contributed by atoms with van der Waals surface area (Å²) in [6.45, 7) is 9.45. The Morgan fingerprint density at radius 2 is 1.68 bits per heavy atom. The van der Waals surface area contributed by atoms with Crippen LogP contribution in [0.25, 0.3) is 5.69 Å². The van der Waals surface area contributed by atoms with Gasteiger partial charge < -0.3 is 9.64 Å². The molecule has 0 saturated carbocycles. The first-order valence-corrected chi connectivity index (χ1v) is 15.1. The molecule has 0 N–H and O–H groups in total. The van der Waals surface area contributed by atoms with Crippen LogP contribution in [-0.2, 0) is 21.3 Å². The molecule has 1 aromatic carbocycles. The second-order valence-corrected chi connectivity index (χ2v) is 13.3. The van der Waals surface area contributed by atoms with Crippen molar-refractivity contribution in [3.63, 3.8) is 0 Å². The highest BCUT2D eigenvalue weighted by Crippen LogP contribution is 2.36. The molecule has 14 heteroatoms. The second-order valence-electron chi connectivity index (χ2n) is 10.2. The molecule has 0 unspecified atom stereocenters. The van der Waals surface area contributed by atoms with Crippen molar-refractivity contribution in [2.45, 2.75) is 58.8 Å². The number of amides is 2. The fraction of sp³-hybridized carbons (Fsp3) is 0.542.